The number of aryl methyl sites for hydroxylation is 1. The van der Waals surface area contributed by atoms with E-state index in [2.05, 4.69) is 41.5 Å². The second kappa shape index (κ2) is 7.35. The summed E-state index contributed by atoms with van der Waals surface area (Å²) in [7, 11) is 0. The molecule has 7 heteroatoms. The summed E-state index contributed by atoms with van der Waals surface area (Å²) in [5.74, 6) is 1.17. The molecule has 122 valence electrons. The number of hydrogen-bond acceptors (Lipinski definition) is 5. The van der Waals surface area contributed by atoms with E-state index in [4.69, 9.17) is 0 Å². The highest BCUT2D eigenvalue weighted by Crippen LogP contribution is 2.23. The number of pyridine rings is 1. The summed E-state index contributed by atoms with van der Waals surface area (Å²) in [4.78, 5) is 24.6. The fourth-order valence-electron chi connectivity index (χ4n) is 2.21. The molecule has 1 amide bonds. The van der Waals surface area contributed by atoms with Crippen molar-refractivity contribution >= 4 is 44.4 Å². The highest BCUT2D eigenvalue weighted by molar-refractivity contribution is 9.10. The van der Waals surface area contributed by atoms with Crippen LogP contribution in [0.5, 0.6) is 0 Å². The minimum atomic E-state index is -0.0987. The van der Waals surface area contributed by atoms with Gasteiger partial charge in [0.05, 0.1) is 5.52 Å². The Bertz CT molecular complexity index is 866. The Kier molecular flexibility index (Phi) is 5.00. The van der Waals surface area contributed by atoms with Crippen molar-refractivity contribution in [3.63, 3.8) is 0 Å². The predicted octanol–water partition coefficient (Wildman–Crippen LogP) is 3.54. The Hall–Kier alpha value is -2.54. The SMILES string of the molecule is Cc1ccc(NC(=O)CCNc2ncnc3ccc(Br)cc23)nc1. The molecule has 3 rings (SSSR count). The molecule has 1 aromatic carbocycles. The van der Waals surface area contributed by atoms with Crippen LogP contribution in [-0.4, -0.2) is 27.4 Å². The molecule has 0 fully saturated rings. The average Bonchev–Trinajstić information content (AvgIpc) is 2.57. The highest BCUT2D eigenvalue weighted by Gasteiger charge is 2.06. The van der Waals surface area contributed by atoms with Crippen LogP contribution in [-0.2, 0) is 4.79 Å². The van der Waals surface area contributed by atoms with E-state index in [9.17, 15) is 4.79 Å². The van der Waals surface area contributed by atoms with Gasteiger partial charge in [-0.1, -0.05) is 22.0 Å². The lowest BCUT2D eigenvalue weighted by molar-refractivity contribution is -0.116. The second-order valence-corrected chi connectivity index (χ2v) is 6.25. The van der Waals surface area contributed by atoms with E-state index in [1.54, 1.807) is 12.3 Å². The summed E-state index contributed by atoms with van der Waals surface area (Å²) in [5.41, 5.74) is 1.90. The zero-order chi connectivity index (χ0) is 16.9. The van der Waals surface area contributed by atoms with Gasteiger partial charge in [0.25, 0.3) is 0 Å². The molecule has 0 spiro atoms. The molecule has 0 aliphatic rings. The average molecular weight is 386 g/mol. The molecule has 0 atom stereocenters. The Morgan fingerprint density at radius 2 is 2.04 bits per heavy atom. The van der Waals surface area contributed by atoms with Crippen LogP contribution in [0.3, 0.4) is 0 Å². The molecule has 24 heavy (non-hydrogen) atoms. The van der Waals surface area contributed by atoms with Gasteiger partial charge in [0.2, 0.25) is 5.91 Å². The molecule has 2 aromatic heterocycles. The fourth-order valence-corrected chi connectivity index (χ4v) is 2.57. The van der Waals surface area contributed by atoms with Gasteiger partial charge in [-0.25, -0.2) is 15.0 Å². The standard InChI is InChI=1S/C17H16BrN5O/c1-11-2-5-15(20-9-11)23-16(24)6-7-19-17-13-8-12(18)3-4-14(13)21-10-22-17/h2-5,8-10H,6-7H2,1H3,(H,19,21,22)(H,20,23,24). The van der Waals surface area contributed by atoms with Crippen molar-refractivity contribution in [1.29, 1.82) is 0 Å². The number of nitrogens with zero attached hydrogens (tertiary/aromatic N) is 3. The normalized spacial score (nSPS) is 10.6. The Morgan fingerprint density at radius 3 is 2.83 bits per heavy atom. The highest BCUT2D eigenvalue weighted by atomic mass is 79.9. The number of benzene rings is 1. The molecule has 0 bridgehead atoms. The predicted molar refractivity (Wildman–Crippen MR) is 97.9 cm³/mol. The molecular formula is C17H16BrN5O. The Labute approximate surface area is 147 Å². The lowest BCUT2D eigenvalue weighted by atomic mass is 10.2. The van der Waals surface area contributed by atoms with Gasteiger partial charge in [-0.15, -0.1) is 0 Å². The number of anilines is 2. The minimum Gasteiger partial charge on any atom is -0.369 e. The topological polar surface area (TPSA) is 79.8 Å². The van der Waals surface area contributed by atoms with Crippen LogP contribution in [0.15, 0.2) is 47.3 Å². The molecule has 0 aliphatic carbocycles. The van der Waals surface area contributed by atoms with Gasteiger partial charge < -0.3 is 10.6 Å². The van der Waals surface area contributed by atoms with E-state index >= 15 is 0 Å². The van der Waals surface area contributed by atoms with E-state index in [0.717, 1.165) is 20.9 Å². The van der Waals surface area contributed by atoms with E-state index in [-0.39, 0.29) is 5.91 Å². The number of amides is 1. The summed E-state index contributed by atoms with van der Waals surface area (Å²) in [6.45, 7) is 2.42. The first kappa shape index (κ1) is 16.3. The van der Waals surface area contributed by atoms with Gasteiger partial charge in [0.1, 0.15) is 18.0 Å². The maximum atomic E-state index is 12.0. The third kappa shape index (κ3) is 4.05. The number of fused-ring (bicyclic) bond motifs is 1. The van der Waals surface area contributed by atoms with Crippen molar-refractivity contribution in [2.24, 2.45) is 0 Å². The van der Waals surface area contributed by atoms with Crippen molar-refractivity contribution in [2.45, 2.75) is 13.3 Å². The van der Waals surface area contributed by atoms with Crippen LogP contribution < -0.4 is 10.6 Å². The van der Waals surface area contributed by atoms with Crippen molar-refractivity contribution in [3.05, 3.63) is 52.9 Å². The van der Waals surface area contributed by atoms with Gasteiger partial charge in [-0.3, -0.25) is 4.79 Å². The van der Waals surface area contributed by atoms with Crippen molar-refractivity contribution in [3.8, 4) is 0 Å². The zero-order valence-corrected chi connectivity index (χ0v) is 14.7. The maximum absolute atomic E-state index is 12.0. The lowest BCUT2D eigenvalue weighted by Gasteiger charge is -2.09. The van der Waals surface area contributed by atoms with Gasteiger partial charge in [-0.05, 0) is 36.8 Å². The minimum absolute atomic E-state index is 0.0987. The third-order valence-corrected chi connectivity index (χ3v) is 3.91. The number of carbonyl (C=O) groups excluding carboxylic acids is 1. The molecular weight excluding hydrogens is 370 g/mol. The van der Waals surface area contributed by atoms with Gasteiger partial charge in [0.15, 0.2) is 0 Å². The van der Waals surface area contributed by atoms with Crippen LogP contribution >= 0.6 is 15.9 Å². The number of halogens is 1. The molecule has 0 saturated heterocycles. The van der Waals surface area contributed by atoms with E-state index in [1.165, 1.54) is 6.33 Å². The van der Waals surface area contributed by atoms with Crippen molar-refractivity contribution in [1.82, 2.24) is 15.0 Å². The summed E-state index contributed by atoms with van der Waals surface area (Å²) < 4.78 is 0.955. The van der Waals surface area contributed by atoms with E-state index in [1.807, 2.05) is 31.2 Å². The monoisotopic (exact) mass is 385 g/mol. The first-order valence-corrected chi connectivity index (χ1v) is 8.28. The van der Waals surface area contributed by atoms with Crippen LogP contribution in [0, 0.1) is 6.92 Å². The molecule has 2 N–H and O–H groups in total. The molecule has 0 radical (unpaired) electrons. The Balaban J connectivity index is 1.59. The molecule has 2 heterocycles. The summed E-state index contributed by atoms with van der Waals surface area (Å²) in [6, 6.07) is 9.50. The number of nitrogens with one attached hydrogen (secondary N) is 2. The van der Waals surface area contributed by atoms with Crippen LogP contribution in [0.1, 0.15) is 12.0 Å². The molecule has 0 saturated carbocycles. The third-order valence-electron chi connectivity index (χ3n) is 3.42. The number of aromatic nitrogens is 3. The van der Waals surface area contributed by atoms with Crippen LogP contribution in [0.25, 0.3) is 10.9 Å². The smallest absolute Gasteiger partial charge is 0.227 e. The summed E-state index contributed by atoms with van der Waals surface area (Å²) in [6.07, 6.45) is 3.54. The van der Waals surface area contributed by atoms with Gasteiger partial charge in [0, 0.05) is 29.0 Å². The van der Waals surface area contributed by atoms with E-state index in [0.29, 0.717) is 24.6 Å². The van der Waals surface area contributed by atoms with Crippen molar-refractivity contribution < 1.29 is 4.79 Å². The summed E-state index contributed by atoms with van der Waals surface area (Å²) >= 11 is 3.45. The van der Waals surface area contributed by atoms with Crippen LogP contribution in [0.2, 0.25) is 0 Å². The molecule has 0 aliphatic heterocycles. The second-order valence-electron chi connectivity index (χ2n) is 5.33. The molecule has 3 aromatic rings. The van der Waals surface area contributed by atoms with Gasteiger partial charge in [-0.2, -0.15) is 0 Å². The zero-order valence-electron chi connectivity index (χ0n) is 13.1. The lowest BCUT2D eigenvalue weighted by Crippen LogP contribution is -2.17. The summed E-state index contributed by atoms with van der Waals surface area (Å²) in [5, 5.41) is 6.87. The maximum Gasteiger partial charge on any atom is 0.227 e. The van der Waals surface area contributed by atoms with Crippen molar-refractivity contribution in [2.75, 3.05) is 17.2 Å². The van der Waals surface area contributed by atoms with E-state index < -0.39 is 0 Å². The van der Waals surface area contributed by atoms with Gasteiger partial charge >= 0.3 is 0 Å². The quantitative estimate of drug-likeness (QED) is 0.701. The largest absolute Gasteiger partial charge is 0.369 e. The molecule has 0 unspecified atom stereocenters. The number of hydrogen-bond donors (Lipinski definition) is 2. The number of carbonyl (C=O) groups is 1. The Morgan fingerprint density at radius 1 is 1.17 bits per heavy atom. The first-order valence-electron chi connectivity index (χ1n) is 7.48. The molecule has 6 nitrogen and oxygen atoms in total. The van der Waals surface area contributed by atoms with Crippen LogP contribution in [0.4, 0.5) is 11.6 Å². The number of rotatable bonds is 5. The first-order chi connectivity index (χ1) is 11.6. The fraction of sp³-hybridized carbons (Fsp3) is 0.176.